The van der Waals surface area contributed by atoms with E-state index in [1.165, 1.54) is 37.4 Å². The maximum atomic E-state index is 12.3. The van der Waals surface area contributed by atoms with Crippen molar-refractivity contribution in [1.82, 2.24) is 0 Å². The van der Waals surface area contributed by atoms with Crippen LogP contribution in [-0.2, 0) is 16.0 Å². The lowest BCUT2D eigenvalue weighted by molar-refractivity contribution is -0.384. The summed E-state index contributed by atoms with van der Waals surface area (Å²) in [6.07, 6.45) is -0.242. The fourth-order valence-electron chi connectivity index (χ4n) is 2.94. The van der Waals surface area contributed by atoms with Crippen molar-refractivity contribution in [2.45, 2.75) is 13.3 Å². The van der Waals surface area contributed by atoms with Crippen LogP contribution in [0.5, 0.6) is 5.75 Å². The fourth-order valence-corrected chi connectivity index (χ4v) is 3.16. The number of nitro benzene ring substituents is 1. The lowest BCUT2D eigenvalue weighted by Gasteiger charge is -2.11. The first kappa shape index (κ1) is 22.0. The number of non-ortho nitro benzene ring substituents is 1. The van der Waals surface area contributed by atoms with Gasteiger partial charge in [-0.15, -0.1) is 0 Å². The van der Waals surface area contributed by atoms with Crippen molar-refractivity contribution in [3.63, 3.8) is 0 Å². The smallest absolute Gasteiger partial charge is 0.340 e. The summed E-state index contributed by atoms with van der Waals surface area (Å²) >= 11 is 6.26. The Kier molecular flexibility index (Phi) is 6.36. The molecule has 0 bridgehead atoms. The molecule has 3 aromatic rings. The number of rotatable bonds is 7. The van der Waals surface area contributed by atoms with E-state index >= 15 is 0 Å². The summed E-state index contributed by atoms with van der Waals surface area (Å²) in [5.74, 6) is -0.984. The second-order valence-electron chi connectivity index (χ2n) is 6.54. The van der Waals surface area contributed by atoms with Gasteiger partial charge in [0.2, 0.25) is 0 Å². The summed E-state index contributed by atoms with van der Waals surface area (Å²) in [6.45, 7) is 1.22. The number of hydrogen-bond donors (Lipinski definition) is 0. The van der Waals surface area contributed by atoms with Crippen LogP contribution in [0.1, 0.15) is 21.5 Å². The Hall–Kier alpha value is -3.72. The van der Waals surface area contributed by atoms with Gasteiger partial charge in [0.25, 0.3) is 5.69 Å². The Labute approximate surface area is 180 Å². The zero-order valence-electron chi connectivity index (χ0n) is 16.5. The Morgan fingerprint density at radius 3 is 2.65 bits per heavy atom. The molecule has 1 heterocycles. The number of esters is 1. The number of carbonyl (C=O) groups excluding carboxylic acids is 2. The molecule has 0 aliphatic rings. The summed E-state index contributed by atoms with van der Waals surface area (Å²) in [4.78, 5) is 46.4. The maximum absolute atomic E-state index is 12.3. The van der Waals surface area contributed by atoms with Gasteiger partial charge in [0.1, 0.15) is 11.3 Å². The molecule has 0 unspecified atom stereocenters. The number of nitro groups is 1. The van der Waals surface area contributed by atoms with Crippen LogP contribution in [0.25, 0.3) is 11.0 Å². The number of nitrogens with zero attached hydrogens (tertiary/aromatic N) is 1. The monoisotopic (exact) mass is 445 g/mol. The van der Waals surface area contributed by atoms with Gasteiger partial charge >= 0.3 is 11.6 Å². The zero-order valence-corrected chi connectivity index (χ0v) is 17.2. The normalized spacial score (nSPS) is 10.7. The quantitative estimate of drug-likeness (QED) is 0.177. The van der Waals surface area contributed by atoms with Gasteiger partial charge in [-0.2, -0.15) is 0 Å². The van der Waals surface area contributed by atoms with E-state index in [9.17, 15) is 24.5 Å². The van der Waals surface area contributed by atoms with Crippen molar-refractivity contribution < 1.29 is 28.4 Å². The molecule has 3 rings (SSSR count). The van der Waals surface area contributed by atoms with Crippen molar-refractivity contribution >= 4 is 40.0 Å². The Morgan fingerprint density at radius 1 is 1.23 bits per heavy atom. The highest BCUT2D eigenvalue weighted by Crippen LogP contribution is 2.32. The second kappa shape index (κ2) is 8.97. The molecule has 0 fully saturated rings. The molecule has 0 aliphatic carbocycles. The topological polar surface area (TPSA) is 126 Å². The van der Waals surface area contributed by atoms with Crippen molar-refractivity contribution in [1.29, 1.82) is 0 Å². The summed E-state index contributed by atoms with van der Waals surface area (Å²) in [6, 6.07) is 8.14. The average Bonchev–Trinajstić information content (AvgIpc) is 2.75. The highest BCUT2D eigenvalue weighted by Gasteiger charge is 2.18. The summed E-state index contributed by atoms with van der Waals surface area (Å²) in [5, 5.41) is 11.5. The molecule has 0 N–H and O–H groups in total. The minimum atomic E-state index is -0.698. The number of methoxy groups -OCH3 is 1. The molecule has 10 heteroatoms. The van der Waals surface area contributed by atoms with Gasteiger partial charge in [-0.1, -0.05) is 23.7 Å². The summed E-state index contributed by atoms with van der Waals surface area (Å²) in [7, 11) is 1.22. The standard InChI is InChI=1S/C21H16ClNO8/c1-11-14-7-16(22)19(9-18(14)31-21(26)15(11)8-20(25)29-2)30-10-17(24)12-4-3-5-13(6-12)23(27)28/h3-7,9H,8,10H2,1-2H3. The number of hydrogen-bond acceptors (Lipinski definition) is 8. The van der Waals surface area contributed by atoms with Crippen molar-refractivity contribution in [3.8, 4) is 5.75 Å². The van der Waals surface area contributed by atoms with Gasteiger partial charge in [-0.3, -0.25) is 19.7 Å². The first-order chi connectivity index (χ1) is 14.7. The molecule has 2 aromatic carbocycles. The van der Waals surface area contributed by atoms with Gasteiger partial charge in [-0.25, -0.2) is 4.79 Å². The molecule has 0 saturated carbocycles. The third kappa shape index (κ3) is 4.72. The summed E-state index contributed by atoms with van der Waals surface area (Å²) < 4.78 is 15.3. The van der Waals surface area contributed by atoms with E-state index in [4.69, 9.17) is 20.8 Å². The second-order valence-corrected chi connectivity index (χ2v) is 6.95. The van der Waals surface area contributed by atoms with Crippen LogP contribution in [0.15, 0.2) is 45.6 Å². The van der Waals surface area contributed by atoms with E-state index < -0.39 is 28.9 Å². The SMILES string of the molecule is COC(=O)Cc1c(C)c2cc(Cl)c(OCC(=O)c3cccc([N+](=O)[O-])c3)cc2oc1=O. The molecule has 0 aliphatic heterocycles. The van der Waals surface area contributed by atoms with Crippen LogP contribution >= 0.6 is 11.6 Å². The molecule has 0 atom stereocenters. The molecule has 31 heavy (non-hydrogen) atoms. The number of carbonyl (C=O) groups is 2. The van der Waals surface area contributed by atoms with E-state index in [1.807, 2.05) is 0 Å². The lowest BCUT2D eigenvalue weighted by atomic mass is 10.0. The van der Waals surface area contributed by atoms with Crippen LogP contribution in [0.2, 0.25) is 5.02 Å². The number of ether oxygens (including phenoxy) is 2. The van der Waals surface area contributed by atoms with Crippen LogP contribution < -0.4 is 10.4 Å². The molecular formula is C21H16ClNO8. The van der Waals surface area contributed by atoms with Gasteiger partial charge in [0.15, 0.2) is 12.4 Å². The lowest BCUT2D eigenvalue weighted by Crippen LogP contribution is -2.16. The van der Waals surface area contributed by atoms with E-state index in [0.717, 1.165) is 6.07 Å². The van der Waals surface area contributed by atoms with Crippen molar-refractivity contribution in [3.05, 3.63) is 78.6 Å². The Morgan fingerprint density at radius 2 is 1.97 bits per heavy atom. The molecule has 0 spiro atoms. The van der Waals surface area contributed by atoms with Gasteiger partial charge in [0, 0.05) is 29.1 Å². The third-order valence-corrected chi connectivity index (χ3v) is 4.92. The molecule has 0 radical (unpaired) electrons. The molecule has 9 nitrogen and oxygen atoms in total. The number of Topliss-reactive ketones (excluding diaryl/α,β-unsaturated/α-hetero) is 1. The van der Waals surface area contributed by atoms with Crippen LogP contribution in [0.4, 0.5) is 5.69 Å². The Balaban J connectivity index is 1.87. The first-order valence-electron chi connectivity index (χ1n) is 8.94. The first-order valence-corrected chi connectivity index (χ1v) is 9.32. The zero-order chi connectivity index (χ0) is 22.7. The number of fused-ring (bicyclic) bond motifs is 1. The third-order valence-electron chi connectivity index (χ3n) is 4.63. The highest BCUT2D eigenvalue weighted by molar-refractivity contribution is 6.32. The van der Waals surface area contributed by atoms with Gasteiger partial charge in [0.05, 0.1) is 29.0 Å². The minimum absolute atomic E-state index is 0.0937. The molecule has 1 aromatic heterocycles. The minimum Gasteiger partial charge on any atom is -0.484 e. The van der Waals surface area contributed by atoms with E-state index in [1.54, 1.807) is 6.92 Å². The van der Waals surface area contributed by atoms with Crippen molar-refractivity contribution in [2.75, 3.05) is 13.7 Å². The fraction of sp³-hybridized carbons (Fsp3) is 0.190. The maximum Gasteiger partial charge on any atom is 0.340 e. The Bertz CT molecular complexity index is 1260. The van der Waals surface area contributed by atoms with Crippen LogP contribution in [0, 0.1) is 17.0 Å². The predicted octanol–water partition coefficient (Wildman–Crippen LogP) is 3.64. The average molecular weight is 446 g/mol. The molecule has 0 saturated heterocycles. The van der Waals surface area contributed by atoms with Crippen molar-refractivity contribution in [2.24, 2.45) is 0 Å². The molecular weight excluding hydrogens is 430 g/mol. The number of benzene rings is 2. The van der Waals surface area contributed by atoms with Gasteiger partial charge < -0.3 is 13.9 Å². The van der Waals surface area contributed by atoms with E-state index in [2.05, 4.69) is 4.74 Å². The van der Waals surface area contributed by atoms with Crippen LogP contribution in [0.3, 0.4) is 0 Å². The molecule has 0 amide bonds. The summed E-state index contributed by atoms with van der Waals surface area (Å²) in [5.41, 5.74) is 0.0351. The number of ketones is 1. The van der Waals surface area contributed by atoms with Gasteiger partial charge in [-0.05, 0) is 18.6 Å². The van der Waals surface area contributed by atoms with E-state index in [-0.39, 0.29) is 39.6 Å². The number of halogens is 1. The largest absolute Gasteiger partial charge is 0.484 e. The van der Waals surface area contributed by atoms with Crippen LogP contribution in [-0.4, -0.2) is 30.4 Å². The number of aryl methyl sites for hydroxylation is 1. The van der Waals surface area contributed by atoms with E-state index in [0.29, 0.717) is 10.9 Å². The molecule has 160 valence electrons. The predicted molar refractivity (Wildman–Crippen MR) is 111 cm³/mol. The highest BCUT2D eigenvalue weighted by atomic mass is 35.5.